The number of carboxylic acid groups (broad SMARTS) is 1. The molecular weight excluding hydrogens is 266 g/mol. The molecule has 5 heteroatoms. The zero-order chi connectivity index (χ0) is 15.2. The number of hydrogen-bond acceptors (Lipinski definition) is 4. The van der Waals surface area contributed by atoms with E-state index in [1.165, 1.54) is 12.8 Å². The Hall–Kier alpha value is -2.45. The zero-order valence-electron chi connectivity index (χ0n) is 11.7. The fourth-order valence-corrected chi connectivity index (χ4v) is 1.88. The lowest BCUT2D eigenvalue weighted by Gasteiger charge is -2.09. The second kappa shape index (κ2) is 6.82. The number of aliphatic carboxylic acids is 1. The molecule has 6 N–H and O–H groups in total. The fraction of sp³-hybridized carbons (Fsp3) is 0.312. The van der Waals surface area contributed by atoms with E-state index in [4.69, 9.17) is 16.7 Å². The molecule has 0 heterocycles. The molecule has 0 aromatic heterocycles. The Morgan fingerprint density at radius 1 is 1.33 bits per heavy atom. The summed E-state index contributed by atoms with van der Waals surface area (Å²) in [6, 6.07) is 7.63. The van der Waals surface area contributed by atoms with Gasteiger partial charge in [0.1, 0.15) is 5.70 Å². The number of rotatable bonds is 5. The maximum Gasteiger partial charge on any atom is 0.353 e. The van der Waals surface area contributed by atoms with Gasteiger partial charge in [-0.15, -0.1) is 0 Å². The van der Waals surface area contributed by atoms with Crippen molar-refractivity contribution < 1.29 is 9.90 Å². The molecule has 0 atom stereocenters. The van der Waals surface area contributed by atoms with Gasteiger partial charge in [0.15, 0.2) is 0 Å². The molecule has 0 bridgehead atoms. The van der Waals surface area contributed by atoms with Crippen molar-refractivity contribution in [1.29, 1.82) is 0 Å². The van der Waals surface area contributed by atoms with E-state index in [0.29, 0.717) is 6.42 Å². The molecule has 0 saturated heterocycles. The summed E-state index contributed by atoms with van der Waals surface area (Å²) in [5.41, 5.74) is 9.70. The predicted molar refractivity (Wildman–Crippen MR) is 80.5 cm³/mol. The Morgan fingerprint density at radius 2 is 2.00 bits per heavy atom. The molecule has 2 rings (SSSR count). The second-order valence-corrected chi connectivity index (χ2v) is 5.16. The first-order chi connectivity index (χ1) is 10.1. The van der Waals surface area contributed by atoms with Crippen LogP contribution in [0, 0.1) is 17.8 Å². The minimum absolute atomic E-state index is 0.272. The van der Waals surface area contributed by atoms with Gasteiger partial charge in [0.05, 0.1) is 5.70 Å². The van der Waals surface area contributed by atoms with E-state index in [1.807, 2.05) is 24.3 Å². The zero-order valence-corrected chi connectivity index (χ0v) is 11.7. The summed E-state index contributed by atoms with van der Waals surface area (Å²) >= 11 is 0. The van der Waals surface area contributed by atoms with Gasteiger partial charge in [-0.05, 0) is 36.5 Å². The summed E-state index contributed by atoms with van der Waals surface area (Å²) < 4.78 is 0. The molecule has 1 fully saturated rings. The first kappa shape index (κ1) is 14.9. The van der Waals surface area contributed by atoms with Gasteiger partial charge in [-0.25, -0.2) is 4.79 Å². The van der Waals surface area contributed by atoms with E-state index in [2.05, 4.69) is 17.3 Å². The van der Waals surface area contributed by atoms with E-state index in [9.17, 15) is 4.79 Å². The van der Waals surface area contributed by atoms with Crippen molar-refractivity contribution >= 4 is 5.97 Å². The molecule has 0 unspecified atom stereocenters. The minimum Gasteiger partial charge on any atom is -0.477 e. The number of nitrogens with two attached hydrogens (primary N) is 2. The highest BCUT2D eigenvalue weighted by Gasteiger charge is 2.19. The maximum absolute atomic E-state index is 10.8. The van der Waals surface area contributed by atoms with Crippen molar-refractivity contribution in [2.24, 2.45) is 17.5 Å². The molecule has 1 aliphatic carbocycles. The molecule has 1 aliphatic rings. The van der Waals surface area contributed by atoms with Crippen molar-refractivity contribution in [3.63, 3.8) is 0 Å². The topological polar surface area (TPSA) is 101 Å². The Morgan fingerprint density at radius 3 is 2.52 bits per heavy atom. The quantitative estimate of drug-likeness (QED) is 0.281. The largest absolute Gasteiger partial charge is 0.477 e. The van der Waals surface area contributed by atoms with Gasteiger partial charge in [0, 0.05) is 18.4 Å². The van der Waals surface area contributed by atoms with Crippen molar-refractivity contribution in [2.75, 3.05) is 0 Å². The number of carboxylic acids is 1. The lowest BCUT2D eigenvalue weighted by Crippen LogP contribution is -2.29. The lowest BCUT2D eigenvalue weighted by molar-refractivity contribution is -0.132. The van der Waals surface area contributed by atoms with Gasteiger partial charge in [0.2, 0.25) is 0 Å². The molecular formula is C16H19N3O2. The van der Waals surface area contributed by atoms with Crippen LogP contribution in [0.1, 0.15) is 30.4 Å². The molecule has 21 heavy (non-hydrogen) atoms. The second-order valence-electron chi connectivity index (χ2n) is 5.16. The average molecular weight is 285 g/mol. The van der Waals surface area contributed by atoms with E-state index in [0.717, 1.165) is 23.5 Å². The lowest BCUT2D eigenvalue weighted by atomic mass is 10.1. The van der Waals surface area contributed by atoms with Crippen LogP contribution in [-0.4, -0.2) is 11.1 Å². The Kier molecular flexibility index (Phi) is 4.85. The molecule has 0 radical (unpaired) electrons. The van der Waals surface area contributed by atoms with Gasteiger partial charge in [-0.3, -0.25) is 5.84 Å². The molecule has 0 spiro atoms. The van der Waals surface area contributed by atoms with Crippen molar-refractivity contribution in [2.45, 2.75) is 25.7 Å². The summed E-state index contributed by atoms with van der Waals surface area (Å²) in [7, 11) is 0. The van der Waals surface area contributed by atoms with Crippen LogP contribution in [0.2, 0.25) is 0 Å². The van der Waals surface area contributed by atoms with Crippen molar-refractivity contribution in [3.05, 3.63) is 46.8 Å². The summed E-state index contributed by atoms with van der Waals surface area (Å²) in [4.78, 5) is 10.8. The maximum atomic E-state index is 10.8. The first-order valence-electron chi connectivity index (χ1n) is 6.86. The highest BCUT2D eigenvalue weighted by Crippen LogP contribution is 2.31. The molecule has 110 valence electrons. The van der Waals surface area contributed by atoms with Gasteiger partial charge in [-0.1, -0.05) is 24.0 Å². The predicted octanol–water partition coefficient (Wildman–Crippen LogP) is 1.10. The Bertz CT molecular complexity index is 605. The molecule has 0 amide bonds. The monoisotopic (exact) mass is 285 g/mol. The number of allylic oxidation sites excluding steroid dienone is 1. The third-order valence-electron chi connectivity index (χ3n) is 3.38. The summed E-state index contributed by atoms with van der Waals surface area (Å²) in [5.74, 6) is 11.2. The average Bonchev–Trinajstić information content (AvgIpc) is 3.29. The third kappa shape index (κ3) is 4.55. The standard InChI is InChI=1S/C16H19N3O2/c17-15(16(20)21)14(19-18)10-13-8-6-12(7-9-13)3-1-2-11-4-5-11/h6-9,11,19H,2,4-5,10,17-18H2,(H,20,21)/b15-14-. The summed E-state index contributed by atoms with van der Waals surface area (Å²) in [6.07, 6.45) is 3.92. The minimum atomic E-state index is -1.19. The van der Waals surface area contributed by atoms with Crippen LogP contribution in [-0.2, 0) is 11.2 Å². The van der Waals surface area contributed by atoms with Gasteiger partial charge >= 0.3 is 5.97 Å². The molecule has 0 aliphatic heterocycles. The van der Waals surface area contributed by atoms with Crippen LogP contribution in [0.25, 0.3) is 0 Å². The Labute approximate surface area is 124 Å². The van der Waals surface area contributed by atoms with Crippen LogP contribution in [0.4, 0.5) is 0 Å². The van der Waals surface area contributed by atoms with Gasteiger partial charge in [-0.2, -0.15) is 0 Å². The molecule has 1 saturated carbocycles. The normalized spacial score (nSPS) is 14.7. The number of nitrogens with one attached hydrogen (secondary N) is 1. The van der Waals surface area contributed by atoms with Crippen LogP contribution in [0.3, 0.4) is 0 Å². The van der Waals surface area contributed by atoms with E-state index < -0.39 is 5.97 Å². The van der Waals surface area contributed by atoms with E-state index in [-0.39, 0.29) is 11.4 Å². The van der Waals surface area contributed by atoms with Crippen LogP contribution in [0.15, 0.2) is 35.7 Å². The van der Waals surface area contributed by atoms with Gasteiger partial charge in [0.25, 0.3) is 0 Å². The van der Waals surface area contributed by atoms with E-state index in [1.54, 1.807) is 0 Å². The molecule has 5 nitrogen and oxygen atoms in total. The highest BCUT2D eigenvalue weighted by atomic mass is 16.4. The highest BCUT2D eigenvalue weighted by molar-refractivity contribution is 5.86. The van der Waals surface area contributed by atoms with Crippen molar-refractivity contribution in [3.8, 4) is 11.8 Å². The van der Waals surface area contributed by atoms with Crippen molar-refractivity contribution in [1.82, 2.24) is 5.43 Å². The summed E-state index contributed by atoms with van der Waals surface area (Å²) in [6.45, 7) is 0. The van der Waals surface area contributed by atoms with Gasteiger partial charge < -0.3 is 16.3 Å². The third-order valence-corrected chi connectivity index (χ3v) is 3.38. The summed E-state index contributed by atoms with van der Waals surface area (Å²) in [5, 5.41) is 8.86. The molecule has 1 aromatic rings. The number of benzene rings is 1. The number of hydrazine groups is 1. The van der Waals surface area contributed by atoms with E-state index >= 15 is 0 Å². The van der Waals surface area contributed by atoms with Crippen LogP contribution >= 0.6 is 0 Å². The van der Waals surface area contributed by atoms with Crippen LogP contribution in [0.5, 0.6) is 0 Å². The number of carbonyl (C=O) groups is 1. The molecule has 1 aromatic carbocycles. The Balaban J connectivity index is 2.02. The number of hydrogen-bond donors (Lipinski definition) is 4. The smallest absolute Gasteiger partial charge is 0.353 e. The fourth-order valence-electron chi connectivity index (χ4n) is 1.88. The SMILES string of the molecule is NN/C(Cc1ccc(C#CCC2CC2)cc1)=C(\N)C(=O)O. The first-order valence-corrected chi connectivity index (χ1v) is 6.86. The van der Waals surface area contributed by atoms with Crippen LogP contribution < -0.4 is 17.0 Å².